The number of piperidine rings is 1. The van der Waals surface area contributed by atoms with Gasteiger partial charge in [0.2, 0.25) is 0 Å². The monoisotopic (exact) mass is 332 g/mol. The summed E-state index contributed by atoms with van der Waals surface area (Å²) in [7, 11) is 0. The number of hydrogen-bond acceptors (Lipinski definition) is 4. The molecule has 0 bridgehead atoms. The number of anilines is 3. The van der Waals surface area contributed by atoms with Gasteiger partial charge in [-0.25, -0.2) is 18.7 Å². The van der Waals surface area contributed by atoms with Crippen molar-refractivity contribution < 1.29 is 8.78 Å². The Morgan fingerprint density at radius 2 is 2.04 bits per heavy atom. The molecular formula is C18H22F2N4. The summed E-state index contributed by atoms with van der Waals surface area (Å²) >= 11 is 0. The van der Waals surface area contributed by atoms with Gasteiger partial charge in [0.1, 0.15) is 29.1 Å². The van der Waals surface area contributed by atoms with Crippen molar-refractivity contribution >= 4 is 17.3 Å². The number of nitrogens with zero attached hydrogens (tertiary/aromatic N) is 3. The van der Waals surface area contributed by atoms with Gasteiger partial charge in [-0.2, -0.15) is 0 Å². The molecule has 3 rings (SSSR count). The topological polar surface area (TPSA) is 41.0 Å². The predicted octanol–water partition coefficient (Wildman–Crippen LogP) is 4.58. The first kappa shape index (κ1) is 16.6. The minimum absolute atomic E-state index is 0.200. The summed E-state index contributed by atoms with van der Waals surface area (Å²) in [5.41, 5.74) is 0.200. The smallest absolute Gasteiger partial charge is 0.149 e. The SMILES string of the molecule is CCC1CCCCN1c1cc(Nc2ccc(F)cc2F)nc(C)n1. The first-order valence-corrected chi connectivity index (χ1v) is 8.41. The Morgan fingerprint density at radius 3 is 2.79 bits per heavy atom. The van der Waals surface area contributed by atoms with Gasteiger partial charge in [0.05, 0.1) is 5.69 Å². The summed E-state index contributed by atoms with van der Waals surface area (Å²) in [5.74, 6) is 0.759. The largest absolute Gasteiger partial charge is 0.353 e. The molecule has 1 N–H and O–H groups in total. The van der Waals surface area contributed by atoms with Crippen molar-refractivity contribution in [2.24, 2.45) is 0 Å². The summed E-state index contributed by atoms with van der Waals surface area (Å²) in [6.45, 7) is 4.98. The van der Waals surface area contributed by atoms with Crippen molar-refractivity contribution in [3.8, 4) is 0 Å². The van der Waals surface area contributed by atoms with Crippen LogP contribution in [-0.4, -0.2) is 22.6 Å². The van der Waals surface area contributed by atoms with Gasteiger partial charge in [0, 0.05) is 24.7 Å². The predicted molar refractivity (Wildman–Crippen MR) is 91.7 cm³/mol. The van der Waals surface area contributed by atoms with Crippen LogP contribution in [0.3, 0.4) is 0 Å². The fourth-order valence-electron chi connectivity index (χ4n) is 3.22. The third-order valence-electron chi connectivity index (χ3n) is 4.41. The Morgan fingerprint density at radius 1 is 1.21 bits per heavy atom. The van der Waals surface area contributed by atoms with Crippen LogP contribution in [0.1, 0.15) is 38.4 Å². The lowest BCUT2D eigenvalue weighted by molar-refractivity contribution is 0.446. The first-order valence-electron chi connectivity index (χ1n) is 8.41. The molecule has 1 aliphatic rings. The molecule has 1 aromatic heterocycles. The number of hydrogen-bond donors (Lipinski definition) is 1. The van der Waals surface area contributed by atoms with E-state index in [0.717, 1.165) is 37.7 Å². The molecule has 1 aliphatic heterocycles. The molecule has 2 heterocycles. The molecule has 0 spiro atoms. The van der Waals surface area contributed by atoms with Crippen molar-refractivity contribution in [2.75, 3.05) is 16.8 Å². The maximum atomic E-state index is 13.9. The lowest BCUT2D eigenvalue weighted by atomic mass is 10.00. The van der Waals surface area contributed by atoms with Gasteiger partial charge in [0.15, 0.2) is 0 Å². The highest BCUT2D eigenvalue weighted by atomic mass is 19.1. The Labute approximate surface area is 140 Å². The second kappa shape index (κ2) is 7.11. The van der Waals surface area contributed by atoms with E-state index >= 15 is 0 Å². The molecule has 1 aromatic carbocycles. The van der Waals surface area contributed by atoms with E-state index in [-0.39, 0.29) is 5.69 Å². The molecule has 1 unspecified atom stereocenters. The maximum Gasteiger partial charge on any atom is 0.149 e. The van der Waals surface area contributed by atoms with Crippen LogP contribution >= 0.6 is 0 Å². The molecule has 4 nitrogen and oxygen atoms in total. The average molecular weight is 332 g/mol. The molecule has 0 saturated carbocycles. The van der Waals surface area contributed by atoms with Crippen LogP contribution in [0.15, 0.2) is 24.3 Å². The number of aromatic nitrogens is 2. The van der Waals surface area contributed by atoms with Crippen molar-refractivity contribution in [1.29, 1.82) is 0 Å². The molecule has 24 heavy (non-hydrogen) atoms. The van der Waals surface area contributed by atoms with Crippen molar-refractivity contribution in [1.82, 2.24) is 9.97 Å². The van der Waals surface area contributed by atoms with E-state index in [2.05, 4.69) is 27.1 Å². The molecule has 1 fully saturated rings. The van der Waals surface area contributed by atoms with Gasteiger partial charge in [0.25, 0.3) is 0 Å². The highest BCUT2D eigenvalue weighted by Crippen LogP contribution is 2.28. The van der Waals surface area contributed by atoms with Crippen LogP contribution in [-0.2, 0) is 0 Å². The normalized spacial score (nSPS) is 17.8. The fourth-order valence-corrected chi connectivity index (χ4v) is 3.22. The Kier molecular flexibility index (Phi) is 4.92. The van der Waals surface area contributed by atoms with Gasteiger partial charge in [-0.1, -0.05) is 6.92 Å². The maximum absolute atomic E-state index is 13.9. The summed E-state index contributed by atoms with van der Waals surface area (Å²) in [4.78, 5) is 11.2. The summed E-state index contributed by atoms with van der Waals surface area (Å²) in [6.07, 6.45) is 4.62. The van der Waals surface area contributed by atoms with E-state index in [0.29, 0.717) is 17.7 Å². The quantitative estimate of drug-likeness (QED) is 0.890. The highest BCUT2D eigenvalue weighted by molar-refractivity contribution is 5.60. The Balaban J connectivity index is 1.88. The van der Waals surface area contributed by atoms with Gasteiger partial charge >= 0.3 is 0 Å². The Hall–Kier alpha value is -2.24. The minimum atomic E-state index is -0.641. The second-order valence-corrected chi connectivity index (χ2v) is 6.16. The first-order chi connectivity index (χ1) is 11.6. The van der Waals surface area contributed by atoms with E-state index in [1.807, 2.05) is 13.0 Å². The van der Waals surface area contributed by atoms with Gasteiger partial charge in [-0.05, 0) is 44.7 Å². The number of aryl methyl sites for hydroxylation is 1. The standard InChI is InChI=1S/C18H22F2N4/c1-3-14-6-4-5-9-24(14)18-11-17(21-12(2)22-18)23-16-8-7-13(19)10-15(16)20/h7-8,10-11,14H,3-6,9H2,1-2H3,(H,21,22,23). The van der Waals surface area contributed by atoms with Crippen molar-refractivity contribution in [3.63, 3.8) is 0 Å². The van der Waals surface area contributed by atoms with E-state index in [1.165, 1.54) is 18.6 Å². The molecular weight excluding hydrogens is 310 g/mol. The summed E-state index contributed by atoms with van der Waals surface area (Å²) < 4.78 is 26.9. The number of nitrogens with one attached hydrogen (secondary N) is 1. The molecule has 128 valence electrons. The zero-order valence-electron chi connectivity index (χ0n) is 14.0. The van der Waals surface area contributed by atoms with Crippen LogP contribution in [0.2, 0.25) is 0 Å². The molecule has 0 aliphatic carbocycles. The highest BCUT2D eigenvalue weighted by Gasteiger charge is 2.22. The van der Waals surface area contributed by atoms with E-state index < -0.39 is 11.6 Å². The molecule has 2 aromatic rings. The zero-order valence-corrected chi connectivity index (χ0v) is 14.0. The van der Waals surface area contributed by atoms with Crippen LogP contribution in [0, 0.1) is 18.6 Å². The molecule has 1 saturated heterocycles. The molecule has 1 atom stereocenters. The van der Waals surface area contributed by atoms with Gasteiger partial charge in [-0.3, -0.25) is 0 Å². The minimum Gasteiger partial charge on any atom is -0.353 e. The Bertz CT molecular complexity index is 720. The number of rotatable bonds is 4. The molecule has 6 heteroatoms. The van der Waals surface area contributed by atoms with Crippen LogP contribution in [0.4, 0.5) is 26.1 Å². The van der Waals surface area contributed by atoms with E-state index in [1.54, 1.807) is 0 Å². The third kappa shape index (κ3) is 3.63. The van der Waals surface area contributed by atoms with Gasteiger partial charge in [-0.15, -0.1) is 0 Å². The molecule has 0 radical (unpaired) electrons. The second-order valence-electron chi connectivity index (χ2n) is 6.16. The third-order valence-corrected chi connectivity index (χ3v) is 4.41. The number of benzene rings is 1. The lowest BCUT2D eigenvalue weighted by Gasteiger charge is -2.36. The zero-order chi connectivity index (χ0) is 17.1. The van der Waals surface area contributed by atoms with Crippen molar-refractivity contribution in [2.45, 2.75) is 45.6 Å². The fraction of sp³-hybridized carbons (Fsp3) is 0.444. The van der Waals surface area contributed by atoms with E-state index in [9.17, 15) is 8.78 Å². The van der Waals surface area contributed by atoms with E-state index in [4.69, 9.17) is 0 Å². The van der Waals surface area contributed by atoms with Gasteiger partial charge < -0.3 is 10.2 Å². The molecule has 0 amide bonds. The lowest BCUT2D eigenvalue weighted by Crippen LogP contribution is -2.39. The van der Waals surface area contributed by atoms with Crippen LogP contribution in [0.25, 0.3) is 0 Å². The average Bonchev–Trinajstić information content (AvgIpc) is 2.57. The summed E-state index contributed by atoms with van der Waals surface area (Å²) in [5, 5.41) is 2.93. The number of halogens is 2. The van der Waals surface area contributed by atoms with Crippen LogP contribution in [0.5, 0.6) is 0 Å². The summed E-state index contributed by atoms with van der Waals surface area (Å²) in [6, 6.07) is 5.76. The van der Waals surface area contributed by atoms with Crippen LogP contribution < -0.4 is 10.2 Å². The van der Waals surface area contributed by atoms with Crippen molar-refractivity contribution in [3.05, 3.63) is 41.7 Å².